The van der Waals surface area contributed by atoms with E-state index in [1.54, 1.807) is 0 Å². The molecule has 0 radical (unpaired) electrons. The Hall–Kier alpha value is -1.13. The molecule has 0 aromatic carbocycles. The van der Waals surface area contributed by atoms with Crippen molar-refractivity contribution >= 4 is 5.82 Å². The van der Waals surface area contributed by atoms with Crippen LogP contribution in [0.2, 0.25) is 0 Å². The zero-order valence-electron chi connectivity index (χ0n) is 12.2. The van der Waals surface area contributed by atoms with Gasteiger partial charge in [0.15, 0.2) is 0 Å². The summed E-state index contributed by atoms with van der Waals surface area (Å²) >= 11 is 0. The molecular formula is C15H26N4. The molecule has 0 saturated carbocycles. The number of pyridine rings is 1. The van der Waals surface area contributed by atoms with Gasteiger partial charge < -0.3 is 10.6 Å². The fourth-order valence-electron chi connectivity index (χ4n) is 2.57. The summed E-state index contributed by atoms with van der Waals surface area (Å²) in [5.41, 5.74) is 6.78. The van der Waals surface area contributed by atoms with E-state index in [0.29, 0.717) is 12.6 Å². The Kier molecular flexibility index (Phi) is 5.16. The summed E-state index contributed by atoms with van der Waals surface area (Å²) in [5, 5.41) is 0. The molecule has 1 saturated heterocycles. The number of piperazine rings is 1. The van der Waals surface area contributed by atoms with Crippen molar-refractivity contribution in [2.75, 3.05) is 37.6 Å². The summed E-state index contributed by atoms with van der Waals surface area (Å²) in [6, 6.07) is 4.97. The second kappa shape index (κ2) is 6.87. The smallest absolute Gasteiger partial charge is 0.128 e. The molecule has 106 valence electrons. The monoisotopic (exact) mass is 262 g/mol. The minimum atomic E-state index is 0.689. The van der Waals surface area contributed by atoms with Gasteiger partial charge >= 0.3 is 0 Å². The minimum absolute atomic E-state index is 0.689. The number of anilines is 1. The van der Waals surface area contributed by atoms with Crippen LogP contribution >= 0.6 is 0 Å². The Labute approximate surface area is 116 Å². The zero-order valence-corrected chi connectivity index (χ0v) is 12.2. The summed E-state index contributed by atoms with van der Waals surface area (Å²) in [7, 11) is 0. The number of hydrogen-bond acceptors (Lipinski definition) is 4. The van der Waals surface area contributed by atoms with Gasteiger partial charge in [0.2, 0.25) is 0 Å². The number of rotatable bonds is 5. The molecule has 1 unspecified atom stereocenters. The van der Waals surface area contributed by atoms with E-state index in [4.69, 9.17) is 5.73 Å². The lowest BCUT2D eigenvalue weighted by Crippen LogP contribution is -2.49. The van der Waals surface area contributed by atoms with E-state index < -0.39 is 0 Å². The fraction of sp³-hybridized carbons (Fsp3) is 0.667. The van der Waals surface area contributed by atoms with E-state index in [0.717, 1.165) is 38.4 Å². The molecule has 2 heterocycles. The van der Waals surface area contributed by atoms with Crippen LogP contribution in [0.3, 0.4) is 0 Å². The molecule has 1 atom stereocenters. The van der Waals surface area contributed by atoms with Crippen LogP contribution < -0.4 is 10.6 Å². The van der Waals surface area contributed by atoms with Crippen LogP contribution in [0.4, 0.5) is 5.82 Å². The first-order valence-electron chi connectivity index (χ1n) is 7.38. The first-order valence-corrected chi connectivity index (χ1v) is 7.38. The van der Waals surface area contributed by atoms with Crippen molar-refractivity contribution in [3.63, 3.8) is 0 Å². The van der Waals surface area contributed by atoms with Gasteiger partial charge in [-0.2, -0.15) is 0 Å². The number of nitrogens with two attached hydrogens (primary N) is 1. The second-order valence-corrected chi connectivity index (χ2v) is 5.34. The highest BCUT2D eigenvalue weighted by Gasteiger charge is 2.20. The molecule has 2 N–H and O–H groups in total. The standard InChI is InChI=1S/C15H26N4/c1-3-13(2)18-8-10-19(11-9-18)15-5-4-14(6-7-16)12-17-15/h4-5,12-13H,3,6-11,16H2,1-2H3. The molecular weight excluding hydrogens is 236 g/mol. The average Bonchev–Trinajstić information content (AvgIpc) is 2.48. The molecule has 19 heavy (non-hydrogen) atoms. The maximum Gasteiger partial charge on any atom is 0.128 e. The maximum atomic E-state index is 5.55. The van der Waals surface area contributed by atoms with E-state index >= 15 is 0 Å². The van der Waals surface area contributed by atoms with Gasteiger partial charge in [0, 0.05) is 38.4 Å². The Morgan fingerprint density at radius 1 is 1.26 bits per heavy atom. The van der Waals surface area contributed by atoms with Crippen molar-refractivity contribution in [2.24, 2.45) is 5.73 Å². The van der Waals surface area contributed by atoms with E-state index in [1.807, 2.05) is 6.20 Å². The highest BCUT2D eigenvalue weighted by atomic mass is 15.3. The predicted octanol–water partition coefficient (Wildman–Crippen LogP) is 1.50. The minimum Gasteiger partial charge on any atom is -0.354 e. The van der Waals surface area contributed by atoms with E-state index in [1.165, 1.54) is 12.0 Å². The summed E-state index contributed by atoms with van der Waals surface area (Å²) in [6.07, 6.45) is 4.10. The third-order valence-electron chi connectivity index (χ3n) is 4.09. The zero-order chi connectivity index (χ0) is 13.7. The number of nitrogens with zero attached hydrogens (tertiary/aromatic N) is 3. The molecule has 4 heteroatoms. The Balaban J connectivity index is 1.90. The van der Waals surface area contributed by atoms with Gasteiger partial charge in [0.1, 0.15) is 5.82 Å². The van der Waals surface area contributed by atoms with Crippen LogP contribution in [-0.2, 0) is 6.42 Å². The van der Waals surface area contributed by atoms with Gasteiger partial charge in [-0.1, -0.05) is 13.0 Å². The van der Waals surface area contributed by atoms with E-state index in [9.17, 15) is 0 Å². The van der Waals surface area contributed by atoms with Crippen LogP contribution in [0.5, 0.6) is 0 Å². The molecule has 0 bridgehead atoms. The van der Waals surface area contributed by atoms with Crippen molar-refractivity contribution in [1.29, 1.82) is 0 Å². The predicted molar refractivity (Wildman–Crippen MR) is 80.5 cm³/mol. The highest BCUT2D eigenvalue weighted by molar-refractivity contribution is 5.40. The number of hydrogen-bond donors (Lipinski definition) is 1. The lowest BCUT2D eigenvalue weighted by Gasteiger charge is -2.38. The molecule has 1 aromatic heterocycles. The van der Waals surface area contributed by atoms with Crippen molar-refractivity contribution in [2.45, 2.75) is 32.7 Å². The maximum absolute atomic E-state index is 5.55. The van der Waals surface area contributed by atoms with Gasteiger partial charge in [-0.3, -0.25) is 4.90 Å². The summed E-state index contributed by atoms with van der Waals surface area (Å²) < 4.78 is 0. The molecule has 4 nitrogen and oxygen atoms in total. The molecule has 1 fully saturated rings. The lowest BCUT2D eigenvalue weighted by molar-refractivity contribution is 0.192. The summed E-state index contributed by atoms with van der Waals surface area (Å²) in [6.45, 7) is 9.70. The third-order valence-corrected chi connectivity index (χ3v) is 4.09. The van der Waals surface area contributed by atoms with E-state index in [-0.39, 0.29) is 0 Å². The molecule has 1 aliphatic rings. The molecule has 0 spiro atoms. The molecule has 0 aliphatic carbocycles. The molecule has 1 aliphatic heterocycles. The molecule has 0 amide bonds. The van der Waals surface area contributed by atoms with Gasteiger partial charge in [0.05, 0.1) is 0 Å². The van der Waals surface area contributed by atoms with Crippen LogP contribution in [0.1, 0.15) is 25.8 Å². The molecule has 2 rings (SSSR count). The lowest BCUT2D eigenvalue weighted by atomic mass is 10.2. The number of aromatic nitrogens is 1. The van der Waals surface area contributed by atoms with Crippen molar-refractivity contribution in [3.05, 3.63) is 23.9 Å². The van der Waals surface area contributed by atoms with Crippen LogP contribution in [0.25, 0.3) is 0 Å². The van der Waals surface area contributed by atoms with Crippen LogP contribution in [0, 0.1) is 0 Å². The first kappa shape index (κ1) is 14.3. The Bertz CT molecular complexity index is 368. The van der Waals surface area contributed by atoms with Gasteiger partial charge in [0.25, 0.3) is 0 Å². The largest absolute Gasteiger partial charge is 0.354 e. The summed E-state index contributed by atoms with van der Waals surface area (Å²) in [4.78, 5) is 9.51. The highest BCUT2D eigenvalue weighted by Crippen LogP contribution is 2.16. The Morgan fingerprint density at radius 2 is 2.00 bits per heavy atom. The second-order valence-electron chi connectivity index (χ2n) is 5.34. The van der Waals surface area contributed by atoms with Crippen LogP contribution in [0.15, 0.2) is 18.3 Å². The third kappa shape index (κ3) is 3.67. The quantitative estimate of drug-likeness (QED) is 0.873. The fourth-order valence-corrected chi connectivity index (χ4v) is 2.57. The normalized spacial score (nSPS) is 18.6. The molecule has 1 aromatic rings. The first-order chi connectivity index (χ1) is 9.24. The van der Waals surface area contributed by atoms with Crippen LogP contribution in [-0.4, -0.2) is 48.6 Å². The summed E-state index contributed by atoms with van der Waals surface area (Å²) in [5.74, 6) is 1.10. The topological polar surface area (TPSA) is 45.4 Å². The van der Waals surface area contributed by atoms with Crippen molar-refractivity contribution in [3.8, 4) is 0 Å². The van der Waals surface area contributed by atoms with E-state index in [2.05, 4.69) is 40.8 Å². The van der Waals surface area contributed by atoms with Gasteiger partial charge in [-0.25, -0.2) is 4.98 Å². The van der Waals surface area contributed by atoms with Crippen molar-refractivity contribution in [1.82, 2.24) is 9.88 Å². The SMILES string of the molecule is CCC(C)N1CCN(c2ccc(CCN)cn2)CC1. The average molecular weight is 262 g/mol. The van der Waals surface area contributed by atoms with Gasteiger partial charge in [-0.15, -0.1) is 0 Å². The van der Waals surface area contributed by atoms with Gasteiger partial charge in [-0.05, 0) is 37.9 Å². The Morgan fingerprint density at radius 3 is 2.53 bits per heavy atom. The van der Waals surface area contributed by atoms with Crippen molar-refractivity contribution < 1.29 is 0 Å².